The normalized spacial score (nSPS) is 16.0. The quantitative estimate of drug-likeness (QED) is 0.880. The topological polar surface area (TPSA) is 75.8 Å². The molecular weight excluding hydrogens is 277 g/mol. The molecule has 112 valence electrons. The number of carbonyl (C=O) groups is 1. The van der Waals surface area contributed by atoms with Gasteiger partial charge in [0, 0.05) is 19.1 Å². The van der Waals surface area contributed by atoms with Crippen molar-refractivity contribution in [3.05, 3.63) is 35.9 Å². The van der Waals surface area contributed by atoms with Crippen molar-refractivity contribution in [2.45, 2.75) is 18.8 Å². The molecule has 5 nitrogen and oxygen atoms in total. The number of benzene rings is 1. The number of alkyl halides is 3. The minimum Gasteiger partial charge on any atom is -0.475 e. The molecule has 1 aromatic carbocycles. The van der Waals surface area contributed by atoms with Gasteiger partial charge in [0.25, 0.3) is 0 Å². The monoisotopic (exact) mass is 292 g/mol. The van der Waals surface area contributed by atoms with E-state index in [0.717, 1.165) is 13.1 Å². The summed E-state index contributed by atoms with van der Waals surface area (Å²) in [5.74, 6) is -2.76. The highest BCUT2D eigenvalue weighted by Crippen LogP contribution is 2.13. The molecule has 1 saturated heterocycles. The van der Waals surface area contributed by atoms with Crippen molar-refractivity contribution in [2.24, 2.45) is 5.73 Å². The number of halogens is 3. The summed E-state index contributed by atoms with van der Waals surface area (Å²) in [6, 6.07) is 10.4. The molecule has 0 saturated carbocycles. The molecule has 0 radical (unpaired) electrons. The highest BCUT2D eigenvalue weighted by Gasteiger charge is 2.38. The van der Waals surface area contributed by atoms with Gasteiger partial charge >= 0.3 is 12.1 Å². The Hall–Kier alpha value is -1.64. The lowest BCUT2D eigenvalue weighted by Gasteiger charge is -2.35. The third-order valence-corrected chi connectivity index (χ3v) is 2.38. The van der Waals surface area contributed by atoms with Crippen molar-refractivity contribution in [2.75, 3.05) is 13.1 Å². The fourth-order valence-electron chi connectivity index (χ4n) is 1.32. The highest BCUT2D eigenvalue weighted by atomic mass is 19.4. The van der Waals surface area contributed by atoms with E-state index in [0.29, 0.717) is 12.6 Å². The zero-order chi connectivity index (χ0) is 15.2. The van der Waals surface area contributed by atoms with Crippen LogP contribution < -0.4 is 5.73 Å². The van der Waals surface area contributed by atoms with Gasteiger partial charge in [0.15, 0.2) is 0 Å². The van der Waals surface area contributed by atoms with E-state index in [-0.39, 0.29) is 0 Å². The fourth-order valence-corrected chi connectivity index (χ4v) is 1.32. The van der Waals surface area contributed by atoms with Crippen LogP contribution in [0, 0.1) is 0 Å². The van der Waals surface area contributed by atoms with Crippen molar-refractivity contribution in [3.63, 3.8) is 0 Å². The van der Waals surface area contributed by atoms with Gasteiger partial charge in [-0.2, -0.15) is 18.2 Å². The Morgan fingerprint density at radius 2 is 1.85 bits per heavy atom. The van der Waals surface area contributed by atoms with Crippen molar-refractivity contribution in [1.29, 1.82) is 0 Å². The van der Waals surface area contributed by atoms with Gasteiger partial charge in [0.1, 0.15) is 0 Å². The molecule has 0 aliphatic carbocycles. The van der Waals surface area contributed by atoms with Crippen LogP contribution in [-0.4, -0.2) is 41.4 Å². The summed E-state index contributed by atoms with van der Waals surface area (Å²) in [6.07, 6.45) is -5.08. The van der Waals surface area contributed by atoms with Crippen LogP contribution in [0.5, 0.6) is 0 Å². The first kappa shape index (κ1) is 16.4. The van der Waals surface area contributed by atoms with Gasteiger partial charge in [-0.3, -0.25) is 4.84 Å². The molecule has 1 heterocycles. The zero-order valence-electron chi connectivity index (χ0n) is 10.5. The smallest absolute Gasteiger partial charge is 0.475 e. The van der Waals surface area contributed by atoms with Crippen LogP contribution in [0.2, 0.25) is 0 Å². The first-order chi connectivity index (χ1) is 9.29. The maximum Gasteiger partial charge on any atom is 0.490 e. The molecular formula is C12H15F3N2O3. The predicted octanol–water partition coefficient (Wildman–Crippen LogP) is 1.39. The van der Waals surface area contributed by atoms with E-state index in [9.17, 15) is 13.2 Å². The number of hydrogen-bond acceptors (Lipinski definition) is 4. The van der Waals surface area contributed by atoms with Gasteiger partial charge in [-0.25, -0.2) is 4.79 Å². The Morgan fingerprint density at radius 1 is 1.35 bits per heavy atom. The summed E-state index contributed by atoms with van der Waals surface area (Å²) in [7, 11) is 0. The van der Waals surface area contributed by atoms with Gasteiger partial charge < -0.3 is 10.8 Å². The van der Waals surface area contributed by atoms with Crippen molar-refractivity contribution < 1.29 is 27.9 Å². The van der Waals surface area contributed by atoms with Gasteiger partial charge in [-0.05, 0) is 5.56 Å². The molecule has 0 atom stereocenters. The van der Waals surface area contributed by atoms with Crippen molar-refractivity contribution >= 4 is 5.97 Å². The predicted molar refractivity (Wildman–Crippen MR) is 64.5 cm³/mol. The third kappa shape index (κ3) is 6.00. The van der Waals surface area contributed by atoms with E-state index in [1.807, 2.05) is 23.3 Å². The summed E-state index contributed by atoms with van der Waals surface area (Å²) in [6.45, 7) is 2.35. The maximum atomic E-state index is 10.6. The molecule has 1 aromatic rings. The van der Waals surface area contributed by atoms with E-state index in [1.165, 1.54) is 5.56 Å². The van der Waals surface area contributed by atoms with Crippen LogP contribution in [0.25, 0.3) is 0 Å². The van der Waals surface area contributed by atoms with Crippen molar-refractivity contribution in [3.8, 4) is 0 Å². The Labute approximate surface area is 113 Å². The Kier molecular flexibility index (Phi) is 5.93. The van der Waals surface area contributed by atoms with E-state index >= 15 is 0 Å². The van der Waals surface area contributed by atoms with Gasteiger partial charge in [-0.1, -0.05) is 30.3 Å². The lowest BCUT2D eigenvalue weighted by molar-refractivity contribution is -0.212. The van der Waals surface area contributed by atoms with Crippen LogP contribution >= 0.6 is 0 Å². The molecule has 8 heteroatoms. The molecule has 0 unspecified atom stereocenters. The fraction of sp³-hybridized carbons (Fsp3) is 0.417. The molecule has 0 bridgehead atoms. The number of aliphatic carboxylic acids is 1. The molecule has 0 spiro atoms. The molecule has 1 aliphatic rings. The van der Waals surface area contributed by atoms with E-state index in [4.69, 9.17) is 20.5 Å². The third-order valence-electron chi connectivity index (χ3n) is 2.38. The molecule has 0 amide bonds. The lowest BCUT2D eigenvalue weighted by Crippen LogP contribution is -2.55. The minimum absolute atomic E-state index is 0.302. The van der Waals surface area contributed by atoms with E-state index < -0.39 is 12.1 Å². The summed E-state index contributed by atoms with van der Waals surface area (Å²) < 4.78 is 31.7. The Balaban J connectivity index is 0.000000246. The second-order valence-electron chi connectivity index (χ2n) is 4.17. The summed E-state index contributed by atoms with van der Waals surface area (Å²) in [5, 5.41) is 9.03. The Morgan fingerprint density at radius 3 is 2.25 bits per heavy atom. The zero-order valence-corrected chi connectivity index (χ0v) is 10.5. The number of rotatable bonds is 3. The number of carboxylic acid groups (broad SMARTS) is 1. The number of carboxylic acids is 1. The molecule has 2 rings (SSSR count). The van der Waals surface area contributed by atoms with Crippen LogP contribution in [0.4, 0.5) is 13.2 Å². The van der Waals surface area contributed by atoms with Crippen LogP contribution in [0.1, 0.15) is 5.56 Å². The molecule has 1 fully saturated rings. The largest absolute Gasteiger partial charge is 0.490 e. The van der Waals surface area contributed by atoms with Crippen LogP contribution in [0.3, 0.4) is 0 Å². The average Bonchev–Trinajstić information content (AvgIpc) is 2.34. The standard InChI is InChI=1S/C10H14N2O.C2HF3O2/c11-10-6-12(7-10)13-8-9-4-2-1-3-5-9;3-2(4,5)1(6)7/h1-5,10H,6-8,11H2;(H,6,7). The second-order valence-corrected chi connectivity index (χ2v) is 4.17. The molecule has 3 N–H and O–H groups in total. The maximum absolute atomic E-state index is 10.6. The molecule has 1 aliphatic heterocycles. The van der Waals surface area contributed by atoms with E-state index in [2.05, 4.69) is 12.1 Å². The van der Waals surface area contributed by atoms with Crippen molar-refractivity contribution in [1.82, 2.24) is 5.06 Å². The second kappa shape index (κ2) is 7.22. The Bertz CT molecular complexity index is 420. The molecule has 0 aromatic heterocycles. The first-order valence-corrected chi connectivity index (χ1v) is 5.76. The number of hydrogen-bond donors (Lipinski definition) is 2. The van der Waals surface area contributed by atoms with Gasteiger partial charge in [0.05, 0.1) is 6.61 Å². The SMILES string of the molecule is NC1CN(OCc2ccccc2)C1.O=C(O)C(F)(F)F. The summed E-state index contributed by atoms with van der Waals surface area (Å²) in [5.41, 5.74) is 6.81. The number of nitrogens with two attached hydrogens (primary N) is 1. The minimum atomic E-state index is -5.08. The summed E-state index contributed by atoms with van der Waals surface area (Å²) in [4.78, 5) is 14.4. The van der Waals surface area contributed by atoms with Gasteiger partial charge in [0.2, 0.25) is 0 Å². The average molecular weight is 292 g/mol. The first-order valence-electron chi connectivity index (χ1n) is 5.76. The lowest BCUT2D eigenvalue weighted by atomic mass is 10.2. The number of nitrogens with zero attached hydrogens (tertiary/aromatic N) is 1. The van der Waals surface area contributed by atoms with Crippen LogP contribution in [0.15, 0.2) is 30.3 Å². The molecule has 20 heavy (non-hydrogen) atoms. The van der Waals surface area contributed by atoms with Gasteiger partial charge in [-0.15, -0.1) is 0 Å². The van der Waals surface area contributed by atoms with Crippen LogP contribution in [-0.2, 0) is 16.2 Å². The van der Waals surface area contributed by atoms with E-state index in [1.54, 1.807) is 0 Å². The number of hydroxylamine groups is 2. The summed E-state index contributed by atoms with van der Waals surface area (Å²) >= 11 is 0. The highest BCUT2D eigenvalue weighted by molar-refractivity contribution is 5.73.